The second-order valence-corrected chi connectivity index (χ2v) is 6.76. The number of carbonyl (C=O) groups is 1. The molecule has 0 spiro atoms. The van der Waals surface area contributed by atoms with Crippen molar-refractivity contribution < 1.29 is 14.3 Å². The Hall–Kier alpha value is -1.89. The van der Waals surface area contributed by atoms with Crippen molar-refractivity contribution in [1.29, 1.82) is 0 Å². The molecule has 1 N–H and O–H groups in total. The van der Waals surface area contributed by atoms with Gasteiger partial charge in [-0.2, -0.15) is 0 Å². The summed E-state index contributed by atoms with van der Waals surface area (Å²) in [5, 5.41) is 9.61. The van der Waals surface area contributed by atoms with Crippen molar-refractivity contribution in [1.82, 2.24) is 0 Å². The van der Waals surface area contributed by atoms with Gasteiger partial charge in [-0.25, -0.2) is 4.39 Å². The highest BCUT2D eigenvalue weighted by atomic mass is 35.5. The number of amides is 1. The first-order valence-corrected chi connectivity index (χ1v) is 8.08. The van der Waals surface area contributed by atoms with Crippen LogP contribution in [-0.2, 0) is 4.79 Å². The minimum atomic E-state index is -0.516. The van der Waals surface area contributed by atoms with E-state index in [0.29, 0.717) is 10.5 Å². The molecule has 0 unspecified atom stereocenters. The molecule has 1 aliphatic rings. The summed E-state index contributed by atoms with van der Waals surface area (Å²) in [6.45, 7) is 0. The lowest BCUT2D eigenvalue weighted by Gasteiger charge is -2.14. The maximum absolute atomic E-state index is 13.9. The number of carbonyl (C=O) groups excluding carboxylic acids is 1. The molecule has 1 saturated heterocycles. The topological polar surface area (TPSA) is 40.5 Å². The fourth-order valence-electron chi connectivity index (χ4n) is 2.07. The van der Waals surface area contributed by atoms with Gasteiger partial charge in [-0.1, -0.05) is 53.8 Å². The van der Waals surface area contributed by atoms with Crippen LogP contribution in [0.15, 0.2) is 47.4 Å². The predicted octanol–water partition coefficient (Wildman–Crippen LogP) is 4.59. The van der Waals surface area contributed by atoms with Crippen LogP contribution in [0.2, 0.25) is 5.02 Å². The Labute approximate surface area is 146 Å². The zero-order chi connectivity index (χ0) is 16.6. The first-order chi connectivity index (χ1) is 11.0. The van der Waals surface area contributed by atoms with E-state index in [1.54, 1.807) is 24.3 Å². The van der Waals surface area contributed by atoms with Gasteiger partial charge in [0.05, 0.1) is 15.6 Å². The summed E-state index contributed by atoms with van der Waals surface area (Å²) < 4.78 is 14.2. The number of phenols is 1. The summed E-state index contributed by atoms with van der Waals surface area (Å²) in [4.78, 5) is 14.1. The second kappa shape index (κ2) is 6.31. The average molecular weight is 366 g/mol. The summed E-state index contributed by atoms with van der Waals surface area (Å²) >= 11 is 12.1. The molecule has 0 aliphatic carbocycles. The number of thioether (sulfide) groups is 1. The highest BCUT2D eigenvalue weighted by Crippen LogP contribution is 2.37. The highest BCUT2D eigenvalue weighted by Gasteiger charge is 2.34. The zero-order valence-electron chi connectivity index (χ0n) is 11.5. The molecule has 7 heteroatoms. The van der Waals surface area contributed by atoms with Gasteiger partial charge in [-0.05, 0) is 35.9 Å². The molecule has 2 aromatic rings. The predicted molar refractivity (Wildman–Crippen MR) is 95.2 cm³/mol. The largest absolute Gasteiger partial charge is 0.506 e. The third-order valence-corrected chi connectivity index (χ3v) is 4.76. The molecule has 0 bridgehead atoms. The number of halogens is 2. The lowest BCUT2D eigenvalue weighted by molar-refractivity contribution is -0.113. The summed E-state index contributed by atoms with van der Waals surface area (Å²) in [5.74, 6) is -0.949. The van der Waals surface area contributed by atoms with E-state index in [4.69, 9.17) is 23.8 Å². The first kappa shape index (κ1) is 16.0. The summed E-state index contributed by atoms with van der Waals surface area (Å²) in [6.07, 6.45) is 1.60. The van der Waals surface area contributed by atoms with Crippen LogP contribution >= 0.6 is 35.6 Å². The van der Waals surface area contributed by atoms with Crippen LogP contribution in [-0.4, -0.2) is 15.3 Å². The standard InChI is InChI=1S/C16H9ClFNO2S2/c17-10-7-9(5-6-13(10)20)8-14-15(21)19(16(22)23-14)12-4-2-1-3-11(12)18/h1-8,20H/b14-8-. The number of rotatable bonds is 2. The molecular formula is C16H9ClFNO2S2. The number of aromatic hydroxyl groups is 1. The first-order valence-electron chi connectivity index (χ1n) is 6.48. The summed E-state index contributed by atoms with van der Waals surface area (Å²) in [7, 11) is 0. The molecular weight excluding hydrogens is 357 g/mol. The van der Waals surface area contributed by atoms with E-state index in [0.717, 1.165) is 11.8 Å². The van der Waals surface area contributed by atoms with E-state index >= 15 is 0 Å². The van der Waals surface area contributed by atoms with E-state index in [1.807, 2.05) is 0 Å². The van der Waals surface area contributed by atoms with Gasteiger partial charge >= 0.3 is 0 Å². The van der Waals surface area contributed by atoms with Crippen LogP contribution in [0.5, 0.6) is 5.75 Å². The molecule has 3 rings (SSSR count). The normalized spacial score (nSPS) is 16.4. The smallest absolute Gasteiger partial charge is 0.270 e. The van der Waals surface area contributed by atoms with Gasteiger partial charge in [0.1, 0.15) is 11.6 Å². The van der Waals surface area contributed by atoms with Crippen molar-refractivity contribution in [2.45, 2.75) is 0 Å². The molecule has 116 valence electrons. The third-order valence-electron chi connectivity index (χ3n) is 3.16. The van der Waals surface area contributed by atoms with Crippen LogP contribution in [0.1, 0.15) is 5.56 Å². The SMILES string of the molecule is O=C1/C(=C/c2ccc(O)c(Cl)c2)SC(=S)N1c1ccccc1F. The molecule has 0 atom stereocenters. The number of hydrogen-bond donors (Lipinski definition) is 1. The van der Waals surface area contributed by atoms with Gasteiger partial charge < -0.3 is 5.11 Å². The van der Waals surface area contributed by atoms with Crippen LogP contribution < -0.4 is 4.90 Å². The third kappa shape index (κ3) is 3.10. The maximum atomic E-state index is 13.9. The van der Waals surface area contributed by atoms with Gasteiger partial charge in [-0.15, -0.1) is 0 Å². The number of phenolic OH excluding ortho intramolecular Hbond substituents is 1. The number of benzene rings is 2. The Morgan fingerprint density at radius 3 is 2.70 bits per heavy atom. The minimum Gasteiger partial charge on any atom is -0.506 e. The maximum Gasteiger partial charge on any atom is 0.270 e. The van der Waals surface area contributed by atoms with Gasteiger partial charge in [0.15, 0.2) is 4.32 Å². The van der Waals surface area contributed by atoms with Crippen LogP contribution in [0.3, 0.4) is 0 Å². The van der Waals surface area contributed by atoms with Crippen molar-refractivity contribution in [3.8, 4) is 5.75 Å². The van der Waals surface area contributed by atoms with Crippen molar-refractivity contribution in [3.05, 3.63) is 63.8 Å². The Morgan fingerprint density at radius 2 is 2.00 bits per heavy atom. The van der Waals surface area contributed by atoms with Crippen molar-refractivity contribution in [3.63, 3.8) is 0 Å². The quantitative estimate of drug-likeness (QED) is 0.624. The molecule has 0 radical (unpaired) electrons. The average Bonchev–Trinajstić information content (AvgIpc) is 2.78. The Morgan fingerprint density at radius 1 is 1.26 bits per heavy atom. The fourth-order valence-corrected chi connectivity index (χ4v) is 3.55. The van der Waals surface area contributed by atoms with E-state index < -0.39 is 11.7 Å². The zero-order valence-corrected chi connectivity index (χ0v) is 13.9. The summed E-state index contributed by atoms with van der Waals surface area (Å²) in [6, 6.07) is 10.6. The lowest BCUT2D eigenvalue weighted by atomic mass is 10.2. The molecule has 2 aromatic carbocycles. The molecule has 1 amide bonds. The van der Waals surface area contributed by atoms with Gasteiger partial charge in [0.2, 0.25) is 0 Å². The molecule has 1 fully saturated rings. The van der Waals surface area contributed by atoms with Gasteiger partial charge in [0, 0.05) is 0 Å². The molecule has 3 nitrogen and oxygen atoms in total. The summed E-state index contributed by atoms with van der Waals surface area (Å²) in [5.41, 5.74) is 0.768. The molecule has 23 heavy (non-hydrogen) atoms. The molecule has 1 heterocycles. The number of hydrogen-bond acceptors (Lipinski definition) is 4. The fraction of sp³-hybridized carbons (Fsp3) is 0. The number of nitrogens with zero attached hydrogens (tertiary/aromatic N) is 1. The number of para-hydroxylation sites is 1. The van der Waals surface area contributed by atoms with Gasteiger partial charge in [-0.3, -0.25) is 9.69 Å². The number of thiocarbonyl (C=S) groups is 1. The van der Waals surface area contributed by atoms with E-state index in [2.05, 4.69) is 0 Å². The Bertz CT molecular complexity index is 854. The van der Waals surface area contributed by atoms with Crippen molar-refractivity contribution >= 4 is 57.6 Å². The molecule has 1 aliphatic heterocycles. The van der Waals surface area contributed by atoms with Crippen LogP contribution in [0, 0.1) is 5.82 Å². The van der Waals surface area contributed by atoms with E-state index in [9.17, 15) is 14.3 Å². The van der Waals surface area contributed by atoms with Crippen molar-refractivity contribution in [2.75, 3.05) is 4.90 Å². The van der Waals surface area contributed by atoms with Crippen molar-refractivity contribution in [2.24, 2.45) is 0 Å². The van der Waals surface area contributed by atoms with Gasteiger partial charge in [0.25, 0.3) is 5.91 Å². The van der Waals surface area contributed by atoms with E-state index in [-0.39, 0.29) is 20.8 Å². The molecule has 0 saturated carbocycles. The van der Waals surface area contributed by atoms with E-state index in [1.165, 1.54) is 29.2 Å². The Kier molecular flexibility index (Phi) is 4.39. The lowest BCUT2D eigenvalue weighted by Crippen LogP contribution is -2.28. The minimum absolute atomic E-state index is 0.0391. The second-order valence-electron chi connectivity index (χ2n) is 4.68. The van der Waals surface area contributed by atoms with Crippen LogP contribution in [0.4, 0.5) is 10.1 Å². The highest BCUT2D eigenvalue weighted by molar-refractivity contribution is 8.27. The van der Waals surface area contributed by atoms with Crippen LogP contribution in [0.25, 0.3) is 6.08 Å². The monoisotopic (exact) mass is 365 g/mol. The molecule has 0 aromatic heterocycles. The number of anilines is 1. The Balaban J connectivity index is 1.96.